The molecule has 162 valence electrons. The molecule has 0 bridgehead atoms. The van der Waals surface area contributed by atoms with Crippen LogP contribution >= 0.6 is 33.8 Å². The molecule has 0 unspecified atom stereocenters. The Labute approximate surface area is 185 Å². The van der Waals surface area contributed by atoms with Crippen molar-refractivity contribution in [2.24, 2.45) is 0 Å². The topological polar surface area (TPSA) is 3.24 Å². The fourth-order valence-corrected chi connectivity index (χ4v) is 5.82. The monoisotopic (exact) mass is 433 g/mol. The van der Waals surface area contributed by atoms with E-state index < -0.39 is 0 Å². The number of hydrogen-bond acceptors (Lipinski definition) is 3. The molecular weight excluding hydrogens is 386 g/mol. The molecule has 0 N–H and O–H groups in total. The van der Waals surface area contributed by atoms with E-state index in [1.807, 2.05) is 21.6 Å². The highest BCUT2D eigenvalue weighted by molar-refractivity contribution is 8.83. The fourth-order valence-electron chi connectivity index (χ4n) is 3.19. The van der Waals surface area contributed by atoms with E-state index in [0.29, 0.717) is 0 Å². The van der Waals surface area contributed by atoms with E-state index in [4.69, 9.17) is 12.2 Å². The van der Waals surface area contributed by atoms with Crippen molar-refractivity contribution in [1.29, 1.82) is 0 Å². The number of hydrogen-bond donors (Lipinski definition) is 0. The molecule has 1 nitrogen and oxygen atoms in total. The number of rotatable bonds is 20. The summed E-state index contributed by atoms with van der Waals surface area (Å²) in [4.78, 5) is 2.51. The van der Waals surface area contributed by atoms with Crippen LogP contribution in [0.1, 0.15) is 124 Å². The number of thiocarbonyl (C=S) groups is 1. The van der Waals surface area contributed by atoms with Crippen molar-refractivity contribution >= 4 is 38.1 Å². The van der Waals surface area contributed by atoms with Gasteiger partial charge in [-0.1, -0.05) is 127 Å². The molecule has 4 heteroatoms. The summed E-state index contributed by atoms with van der Waals surface area (Å²) in [6, 6.07) is 0. The van der Waals surface area contributed by atoms with Gasteiger partial charge in [-0.2, -0.15) is 0 Å². The van der Waals surface area contributed by atoms with Crippen molar-refractivity contribution in [3.8, 4) is 0 Å². The molecule has 0 fully saturated rings. The van der Waals surface area contributed by atoms with E-state index in [0.717, 1.165) is 4.32 Å². The minimum atomic E-state index is 1.14. The first-order valence-electron chi connectivity index (χ1n) is 11.8. The van der Waals surface area contributed by atoms with Crippen LogP contribution in [0.2, 0.25) is 0 Å². The van der Waals surface area contributed by atoms with Crippen molar-refractivity contribution < 1.29 is 0 Å². The molecule has 0 saturated carbocycles. The average molecular weight is 434 g/mol. The summed E-state index contributed by atoms with van der Waals surface area (Å²) in [7, 11) is 3.84. The summed E-state index contributed by atoms with van der Waals surface area (Å²) in [5, 5.41) is 0. The highest BCUT2D eigenvalue weighted by Crippen LogP contribution is 2.27. The van der Waals surface area contributed by atoms with E-state index >= 15 is 0 Å². The largest absolute Gasteiger partial charge is 0.357 e. The summed E-state index contributed by atoms with van der Waals surface area (Å²) in [6.45, 7) is 9.20. The Balaban J connectivity index is 4.02. The third-order valence-corrected chi connectivity index (χ3v) is 8.16. The third-order valence-electron chi connectivity index (χ3n) is 5.03. The lowest BCUT2D eigenvalue weighted by Crippen LogP contribution is -2.29. The van der Waals surface area contributed by atoms with Gasteiger partial charge in [0, 0.05) is 18.8 Å². The summed E-state index contributed by atoms with van der Waals surface area (Å²) in [6.07, 6.45) is 21.8. The molecule has 0 aromatic carbocycles. The van der Waals surface area contributed by atoms with Gasteiger partial charge in [0.25, 0.3) is 0 Å². The van der Waals surface area contributed by atoms with E-state index in [1.54, 1.807) is 0 Å². The van der Waals surface area contributed by atoms with Gasteiger partial charge in [0.1, 0.15) is 4.32 Å². The van der Waals surface area contributed by atoms with Crippen molar-refractivity contribution in [3.63, 3.8) is 0 Å². The standard InChI is InChI=1S/C23H47NS3/c1-4-7-10-13-15-17-20-24(21-18-16-14-11-8-5-2)23(25)27-26-22-19-12-9-6-3/h4-22H2,1-3H3. The molecule has 0 amide bonds. The van der Waals surface area contributed by atoms with E-state index in [-0.39, 0.29) is 0 Å². The predicted octanol–water partition coefficient (Wildman–Crippen LogP) is 9.26. The quantitative estimate of drug-likeness (QED) is 0.107. The van der Waals surface area contributed by atoms with Crippen molar-refractivity contribution in [1.82, 2.24) is 4.90 Å². The highest BCUT2D eigenvalue weighted by Gasteiger charge is 2.10. The van der Waals surface area contributed by atoms with Crippen molar-refractivity contribution in [2.45, 2.75) is 124 Å². The SMILES string of the molecule is CCCCCCCCN(CCCCCCCC)C(=S)SSCCCCCC. The second kappa shape index (κ2) is 22.9. The number of nitrogens with zero attached hydrogens (tertiary/aromatic N) is 1. The van der Waals surface area contributed by atoms with Gasteiger partial charge in [-0.05, 0) is 30.1 Å². The van der Waals surface area contributed by atoms with Crippen LogP contribution in [-0.4, -0.2) is 28.1 Å². The second-order valence-electron chi connectivity index (χ2n) is 7.75. The highest BCUT2D eigenvalue weighted by atomic mass is 33.1. The zero-order chi connectivity index (χ0) is 20.0. The van der Waals surface area contributed by atoms with Crippen LogP contribution in [0.3, 0.4) is 0 Å². The fraction of sp³-hybridized carbons (Fsp3) is 0.957. The molecule has 0 aromatic heterocycles. The zero-order valence-electron chi connectivity index (χ0n) is 18.6. The molecular formula is C23H47NS3. The molecule has 0 aliphatic heterocycles. The lowest BCUT2D eigenvalue weighted by molar-refractivity contribution is 0.395. The molecule has 0 radical (unpaired) electrons. The van der Waals surface area contributed by atoms with Crippen LogP contribution in [0, 0.1) is 0 Å². The smallest absolute Gasteiger partial charge is 0.147 e. The Morgan fingerprint density at radius 1 is 0.593 bits per heavy atom. The molecule has 0 saturated heterocycles. The lowest BCUT2D eigenvalue weighted by Gasteiger charge is -2.24. The molecule has 0 aliphatic carbocycles. The van der Waals surface area contributed by atoms with Gasteiger partial charge >= 0.3 is 0 Å². The third kappa shape index (κ3) is 19.7. The molecule has 27 heavy (non-hydrogen) atoms. The van der Waals surface area contributed by atoms with Gasteiger partial charge in [-0.25, -0.2) is 0 Å². The summed E-state index contributed by atoms with van der Waals surface area (Å²) in [5.41, 5.74) is 0. The molecule has 0 heterocycles. The summed E-state index contributed by atoms with van der Waals surface area (Å²) < 4.78 is 1.14. The van der Waals surface area contributed by atoms with Gasteiger partial charge in [-0.15, -0.1) is 0 Å². The van der Waals surface area contributed by atoms with Gasteiger partial charge in [0.2, 0.25) is 0 Å². The second-order valence-corrected chi connectivity index (χ2v) is 10.8. The van der Waals surface area contributed by atoms with E-state index in [9.17, 15) is 0 Å². The lowest BCUT2D eigenvalue weighted by atomic mass is 10.1. The van der Waals surface area contributed by atoms with Crippen molar-refractivity contribution in [2.75, 3.05) is 18.8 Å². The molecule has 0 aliphatic rings. The van der Waals surface area contributed by atoms with Crippen LogP contribution in [0.15, 0.2) is 0 Å². The Kier molecular flexibility index (Phi) is 23.4. The Morgan fingerprint density at radius 3 is 1.48 bits per heavy atom. The molecule has 0 spiro atoms. The summed E-state index contributed by atoms with van der Waals surface area (Å²) in [5.74, 6) is 1.24. The van der Waals surface area contributed by atoms with E-state index in [2.05, 4.69) is 25.7 Å². The Morgan fingerprint density at radius 2 is 1.00 bits per heavy atom. The van der Waals surface area contributed by atoms with Crippen LogP contribution in [0.5, 0.6) is 0 Å². The van der Waals surface area contributed by atoms with Crippen LogP contribution in [0.4, 0.5) is 0 Å². The summed E-state index contributed by atoms with van der Waals surface area (Å²) >= 11 is 5.78. The Bertz CT molecular complexity index is 294. The maximum absolute atomic E-state index is 5.78. The minimum Gasteiger partial charge on any atom is -0.357 e. The Hall–Kier alpha value is 0.590. The zero-order valence-corrected chi connectivity index (χ0v) is 21.1. The normalized spacial score (nSPS) is 11.1. The van der Waals surface area contributed by atoms with Gasteiger partial charge < -0.3 is 4.90 Å². The predicted molar refractivity (Wildman–Crippen MR) is 135 cm³/mol. The molecule has 0 atom stereocenters. The van der Waals surface area contributed by atoms with Crippen LogP contribution in [-0.2, 0) is 0 Å². The van der Waals surface area contributed by atoms with Gasteiger partial charge in [0.15, 0.2) is 0 Å². The maximum Gasteiger partial charge on any atom is 0.147 e. The van der Waals surface area contributed by atoms with E-state index in [1.165, 1.54) is 122 Å². The van der Waals surface area contributed by atoms with Gasteiger partial charge in [0.05, 0.1) is 0 Å². The molecule has 0 aromatic rings. The molecule has 0 rings (SSSR count). The average Bonchev–Trinajstić information content (AvgIpc) is 2.68. The first kappa shape index (κ1) is 27.6. The van der Waals surface area contributed by atoms with Crippen LogP contribution in [0.25, 0.3) is 0 Å². The van der Waals surface area contributed by atoms with Crippen molar-refractivity contribution in [3.05, 3.63) is 0 Å². The van der Waals surface area contributed by atoms with Crippen LogP contribution < -0.4 is 0 Å². The first-order chi connectivity index (χ1) is 13.3. The van der Waals surface area contributed by atoms with Gasteiger partial charge in [-0.3, -0.25) is 0 Å². The first-order valence-corrected chi connectivity index (χ1v) is 14.6. The minimum absolute atomic E-state index is 1.14. The number of unbranched alkanes of at least 4 members (excludes halogenated alkanes) is 13. The maximum atomic E-state index is 5.78.